The standard InChI is InChI=1S/C16H22ClN3/c1-3-18-12-13(11-15-8-9-20(2)19-15)10-14-6-4-5-7-16(14)17/h4-9,13,18H,3,10-12H2,1-2H3. The maximum absolute atomic E-state index is 6.27. The molecule has 0 amide bonds. The summed E-state index contributed by atoms with van der Waals surface area (Å²) in [6.07, 6.45) is 3.94. The Morgan fingerprint density at radius 2 is 2.05 bits per heavy atom. The molecule has 0 bridgehead atoms. The monoisotopic (exact) mass is 291 g/mol. The van der Waals surface area contributed by atoms with E-state index in [-0.39, 0.29) is 0 Å². The van der Waals surface area contributed by atoms with Crippen LogP contribution in [0.3, 0.4) is 0 Å². The zero-order valence-corrected chi connectivity index (χ0v) is 12.9. The summed E-state index contributed by atoms with van der Waals surface area (Å²) < 4.78 is 1.86. The molecule has 0 aliphatic rings. The lowest BCUT2D eigenvalue weighted by Gasteiger charge is -2.17. The summed E-state index contributed by atoms with van der Waals surface area (Å²) >= 11 is 6.27. The number of hydrogen-bond donors (Lipinski definition) is 1. The highest BCUT2D eigenvalue weighted by Gasteiger charge is 2.13. The van der Waals surface area contributed by atoms with E-state index in [1.54, 1.807) is 0 Å². The maximum atomic E-state index is 6.27. The van der Waals surface area contributed by atoms with Crippen LogP contribution >= 0.6 is 11.6 Å². The Kier molecular flexibility index (Phi) is 5.62. The Balaban J connectivity index is 2.05. The fourth-order valence-corrected chi connectivity index (χ4v) is 2.62. The van der Waals surface area contributed by atoms with Gasteiger partial charge in [0.15, 0.2) is 0 Å². The molecule has 1 aromatic carbocycles. The van der Waals surface area contributed by atoms with Crippen LogP contribution in [-0.2, 0) is 19.9 Å². The molecule has 1 atom stereocenters. The quantitative estimate of drug-likeness (QED) is 0.849. The van der Waals surface area contributed by atoms with E-state index in [9.17, 15) is 0 Å². The van der Waals surface area contributed by atoms with Crippen LogP contribution in [0.4, 0.5) is 0 Å². The summed E-state index contributed by atoms with van der Waals surface area (Å²) in [4.78, 5) is 0. The normalized spacial score (nSPS) is 12.6. The number of rotatable bonds is 7. The first-order valence-corrected chi connectivity index (χ1v) is 7.49. The average Bonchev–Trinajstić information content (AvgIpc) is 2.84. The summed E-state index contributed by atoms with van der Waals surface area (Å²) in [7, 11) is 1.96. The smallest absolute Gasteiger partial charge is 0.0627 e. The molecule has 1 heterocycles. The summed E-state index contributed by atoms with van der Waals surface area (Å²) in [6.45, 7) is 4.10. The molecule has 3 nitrogen and oxygen atoms in total. The lowest BCUT2D eigenvalue weighted by molar-refractivity contribution is 0.471. The van der Waals surface area contributed by atoms with Crippen molar-refractivity contribution < 1.29 is 0 Å². The molecular formula is C16H22ClN3. The highest BCUT2D eigenvalue weighted by Crippen LogP contribution is 2.20. The maximum Gasteiger partial charge on any atom is 0.0627 e. The van der Waals surface area contributed by atoms with Crippen molar-refractivity contribution in [3.8, 4) is 0 Å². The molecule has 4 heteroatoms. The zero-order chi connectivity index (χ0) is 14.4. The first-order chi connectivity index (χ1) is 9.69. The fraction of sp³-hybridized carbons (Fsp3) is 0.438. The minimum atomic E-state index is 0.504. The number of halogens is 1. The van der Waals surface area contributed by atoms with Gasteiger partial charge in [-0.05, 0) is 49.5 Å². The molecule has 108 valence electrons. The van der Waals surface area contributed by atoms with E-state index in [2.05, 4.69) is 29.5 Å². The minimum absolute atomic E-state index is 0.504. The van der Waals surface area contributed by atoms with Crippen LogP contribution in [0.1, 0.15) is 18.2 Å². The highest BCUT2D eigenvalue weighted by atomic mass is 35.5. The molecule has 0 spiro atoms. The number of benzene rings is 1. The summed E-state index contributed by atoms with van der Waals surface area (Å²) in [5.41, 5.74) is 2.36. The van der Waals surface area contributed by atoms with Gasteiger partial charge in [0.05, 0.1) is 5.69 Å². The van der Waals surface area contributed by atoms with Gasteiger partial charge in [-0.15, -0.1) is 0 Å². The third-order valence-corrected chi connectivity index (χ3v) is 3.78. The van der Waals surface area contributed by atoms with Gasteiger partial charge >= 0.3 is 0 Å². The first-order valence-electron chi connectivity index (χ1n) is 7.11. The van der Waals surface area contributed by atoms with E-state index in [0.717, 1.165) is 36.6 Å². The van der Waals surface area contributed by atoms with Gasteiger partial charge in [-0.1, -0.05) is 36.7 Å². The van der Waals surface area contributed by atoms with Gasteiger partial charge in [0, 0.05) is 18.3 Å². The van der Waals surface area contributed by atoms with E-state index < -0.39 is 0 Å². The third kappa shape index (κ3) is 4.36. The van der Waals surface area contributed by atoms with E-state index in [1.165, 1.54) is 5.56 Å². The van der Waals surface area contributed by atoms with Gasteiger partial charge in [-0.2, -0.15) is 5.10 Å². The molecule has 2 rings (SSSR count). The summed E-state index contributed by atoms with van der Waals surface area (Å²) in [6, 6.07) is 10.2. The van der Waals surface area contributed by atoms with Crippen LogP contribution in [0.15, 0.2) is 36.5 Å². The van der Waals surface area contributed by atoms with Gasteiger partial charge in [0.1, 0.15) is 0 Å². The van der Waals surface area contributed by atoms with E-state index in [1.807, 2.05) is 36.1 Å². The van der Waals surface area contributed by atoms with Crippen molar-refractivity contribution >= 4 is 11.6 Å². The highest BCUT2D eigenvalue weighted by molar-refractivity contribution is 6.31. The molecule has 20 heavy (non-hydrogen) atoms. The number of nitrogens with one attached hydrogen (secondary N) is 1. The van der Waals surface area contributed by atoms with Crippen molar-refractivity contribution in [1.29, 1.82) is 0 Å². The molecule has 0 saturated heterocycles. The van der Waals surface area contributed by atoms with Crippen LogP contribution < -0.4 is 5.32 Å². The van der Waals surface area contributed by atoms with Gasteiger partial charge in [-0.3, -0.25) is 4.68 Å². The Bertz CT molecular complexity index is 536. The van der Waals surface area contributed by atoms with Crippen molar-refractivity contribution in [2.24, 2.45) is 13.0 Å². The lowest BCUT2D eigenvalue weighted by Crippen LogP contribution is -2.26. The van der Waals surface area contributed by atoms with E-state index >= 15 is 0 Å². The van der Waals surface area contributed by atoms with Gasteiger partial charge in [0.2, 0.25) is 0 Å². The van der Waals surface area contributed by atoms with Gasteiger partial charge in [0.25, 0.3) is 0 Å². The van der Waals surface area contributed by atoms with Crippen LogP contribution in [0, 0.1) is 5.92 Å². The second kappa shape index (κ2) is 7.46. The molecule has 1 aromatic heterocycles. The first kappa shape index (κ1) is 15.1. The van der Waals surface area contributed by atoms with Crippen LogP contribution in [0.2, 0.25) is 5.02 Å². The van der Waals surface area contributed by atoms with Crippen LogP contribution in [0.5, 0.6) is 0 Å². The molecule has 1 N–H and O–H groups in total. The lowest BCUT2D eigenvalue weighted by atomic mass is 9.94. The number of nitrogens with zero attached hydrogens (tertiary/aromatic N) is 2. The predicted octanol–water partition coefficient (Wildman–Crippen LogP) is 3.08. The van der Waals surface area contributed by atoms with Crippen molar-refractivity contribution in [2.75, 3.05) is 13.1 Å². The molecule has 0 saturated carbocycles. The second-order valence-corrected chi connectivity index (χ2v) is 5.56. The summed E-state index contributed by atoms with van der Waals surface area (Å²) in [5.74, 6) is 0.504. The average molecular weight is 292 g/mol. The molecule has 0 radical (unpaired) electrons. The number of aryl methyl sites for hydroxylation is 1. The fourth-order valence-electron chi connectivity index (χ4n) is 2.41. The van der Waals surface area contributed by atoms with Gasteiger partial charge in [-0.25, -0.2) is 0 Å². The molecule has 0 aliphatic heterocycles. The molecule has 0 aliphatic carbocycles. The number of hydrogen-bond acceptors (Lipinski definition) is 2. The SMILES string of the molecule is CCNCC(Cc1ccn(C)n1)Cc1ccccc1Cl. The largest absolute Gasteiger partial charge is 0.317 e. The minimum Gasteiger partial charge on any atom is -0.317 e. The van der Waals surface area contributed by atoms with Crippen molar-refractivity contribution in [3.05, 3.63) is 52.8 Å². The summed E-state index contributed by atoms with van der Waals surface area (Å²) in [5, 5.41) is 8.77. The Hall–Kier alpha value is -1.32. The molecule has 2 aromatic rings. The predicted molar refractivity (Wildman–Crippen MR) is 84.1 cm³/mol. The van der Waals surface area contributed by atoms with Crippen molar-refractivity contribution in [1.82, 2.24) is 15.1 Å². The molecular weight excluding hydrogens is 270 g/mol. The molecule has 0 fully saturated rings. The van der Waals surface area contributed by atoms with Crippen molar-refractivity contribution in [2.45, 2.75) is 19.8 Å². The third-order valence-electron chi connectivity index (χ3n) is 3.42. The Labute approximate surface area is 126 Å². The second-order valence-electron chi connectivity index (χ2n) is 5.15. The Morgan fingerprint density at radius 3 is 2.70 bits per heavy atom. The van der Waals surface area contributed by atoms with Gasteiger partial charge < -0.3 is 5.32 Å². The molecule has 1 unspecified atom stereocenters. The van der Waals surface area contributed by atoms with E-state index in [0.29, 0.717) is 5.92 Å². The van der Waals surface area contributed by atoms with Crippen LogP contribution in [0.25, 0.3) is 0 Å². The Morgan fingerprint density at radius 1 is 1.25 bits per heavy atom. The topological polar surface area (TPSA) is 29.9 Å². The number of aromatic nitrogens is 2. The van der Waals surface area contributed by atoms with Crippen molar-refractivity contribution in [3.63, 3.8) is 0 Å². The van der Waals surface area contributed by atoms with Crippen LogP contribution in [-0.4, -0.2) is 22.9 Å². The van der Waals surface area contributed by atoms with E-state index in [4.69, 9.17) is 11.6 Å². The zero-order valence-electron chi connectivity index (χ0n) is 12.1.